The third kappa shape index (κ3) is 4.06. The van der Waals surface area contributed by atoms with Crippen LogP contribution in [0.4, 0.5) is 18.9 Å². The van der Waals surface area contributed by atoms with Gasteiger partial charge < -0.3 is 5.32 Å². The highest BCUT2D eigenvalue weighted by molar-refractivity contribution is 9.10. The molecule has 0 saturated carbocycles. The van der Waals surface area contributed by atoms with Crippen molar-refractivity contribution in [3.8, 4) is 11.9 Å². The second-order valence-electron chi connectivity index (χ2n) is 6.62. The number of hydrogen-bond donors (Lipinski definition) is 1. The molecule has 31 heavy (non-hydrogen) atoms. The van der Waals surface area contributed by atoms with Gasteiger partial charge in [0.2, 0.25) is 0 Å². The van der Waals surface area contributed by atoms with E-state index in [1.54, 1.807) is 25.1 Å². The van der Waals surface area contributed by atoms with Crippen molar-refractivity contribution < 1.29 is 13.2 Å². The summed E-state index contributed by atoms with van der Waals surface area (Å²) >= 11 is 3.19. The predicted octanol–water partition coefficient (Wildman–Crippen LogP) is 5.04. The van der Waals surface area contributed by atoms with Crippen LogP contribution < -0.4 is 5.32 Å². The van der Waals surface area contributed by atoms with Crippen molar-refractivity contribution in [2.45, 2.75) is 19.1 Å². The van der Waals surface area contributed by atoms with E-state index in [0.717, 1.165) is 12.1 Å². The third-order valence-corrected chi connectivity index (χ3v) is 5.16. The fourth-order valence-corrected chi connectivity index (χ4v) is 3.66. The molecule has 0 amide bonds. The number of fused-ring (bicyclic) bond motifs is 1. The van der Waals surface area contributed by atoms with E-state index in [2.05, 4.69) is 41.3 Å². The van der Waals surface area contributed by atoms with Crippen LogP contribution in [0, 0.1) is 11.3 Å². The second-order valence-corrected chi connectivity index (χ2v) is 7.48. The largest absolute Gasteiger partial charge is 0.416 e. The molecule has 1 atom stereocenters. The van der Waals surface area contributed by atoms with Crippen molar-refractivity contribution >= 4 is 32.5 Å². The number of nitrogens with one attached hydrogen (secondary N) is 1. The van der Waals surface area contributed by atoms with Crippen molar-refractivity contribution in [1.82, 2.24) is 24.7 Å². The summed E-state index contributed by atoms with van der Waals surface area (Å²) in [4.78, 5) is 12.7. The van der Waals surface area contributed by atoms with Crippen LogP contribution in [0.15, 0.2) is 53.5 Å². The van der Waals surface area contributed by atoms with Crippen LogP contribution in [0.5, 0.6) is 0 Å². The van der Waals surface area contributed by atoms with Crippen molar-refractivity contribution in [1.29, 1.82) is 5.26 Å². The maximum absolute atomic E-state index is 13.3. The Morgan fingerprint density at radius 3 is 2.65 bits per heavy atom. The van der Waals surface area contributed by atoms with Crippen LogP contribution in [-0.2, 0) is 6.18 Å². The van der Waals surface area contributed by atoms with Gasteiger partial charge in [0.25, 0.3) is 0 Å². The Labute approximate surface area is 182 Å². The molecule has 0 spiro atoms. The van der Waals surface area contributed by atoms with E-state index in [-0.39, 0.29) is 4.47 Å². The minimum absolute atomic E-state index is 0.249. The summed E-state index contributed by atoms with van der Waals surface area (Å²) in [7, 11) is 0. The molecule has 1 aromatic carbocycles. The zero-order valence-corrected chi connectivity index (χ0v) is 17.5. The molecule has 0 radical (unpaired) electrons. The maximum Gasteiger partial charge on any atom is 0.416 e. The molecule has 0 bridgehead atoms. The smallest absolute Gasteiger partial charge is 0.375 e. The first kappa shape index (κ1) is 20.7. The normalized spacial score (nSPS) is 12.5. The Morgan fingerprint density at radius 1 is 1.16 bits per heavy atom. The number of pyridine rings is 2. The molecule has 0 aliphatic rings. The summed E-state index contributed by atoms with van der Waals surface area (Å²) in [5, 5.41) is 16.6. The lowest BCUT2D eigenvalue weighted by Crippen LogP contribution is -2.15. The molecule has 0 unspecified atom stereocenters. The van der Waals surface area contributed by atoms with Crippen LogP contribution in [0.3, 0.4) is 0 Å². The molecule has 0 fully saturated rings. The van der Waals surface area contributed by atoms with Crippen molar-refractivity contribution in [2.24, 2.45) is 0 Å². The summed E-state index contributed by atoms with van der Waals surface area (Å²) in [5.41, 5.74) is 0.499. The van der Waals surface area contributed by atoms with Gasteiger partial charge in [0.05, 0.1) is 22.7 Å². The minimum Gasteiger partial charge on any atom is -0.375 e. The van der Waals surface area contributed by atoms with Crippen molar-refractivity contribution in [2.75, 3.05) is 5.32 Å². The Balaban J connectivity index is 1.71. The Hall–Kier alpha value is -3.52. The van der Waals surface area contributed by atoms with E-state index in [4.69, 9.17) is 5.26 Å². The number of hydrogen-bond acceptors (Lipinski definition) is 6. The van der Waals surface area contributed by atoms with Gasteiger partial charge in [-0.15, -0.1) is 0 Å². The van der Waals surface area contributed by atoms with E-state index in [0.29, 0.717) is 33.8 Å². The number of nitrogens with zero attached hydrogens (tertiary/aromatic N) is 6. The average Bonchev–Trinajstić information content (AvgIpc) is 3.23. The molecule has 0 saturated heterocycles. The number of halogens is 4. The number of benzene rings is 1. The van der Waals surface area contributed by atoms with E-state index in [1.165, 1.54) is 23.4 Å². The summed E-state index contributed by atoms with van der Waals surface area (Å²) in [6.45, 7) is 1.80. The molecular weight excluding hydrogens is 475 g/mol. The number of alkyl halides is 3. The molecule has 4 rings (SSSR count). The third-order valence-electron chi connectivity index (χ3n) is 4.55. The highest BCUT2D eigenvalue weighted by Gasteiger charge is 2.31. The van der Waals surface area contributed by atoms with E-state index >= 15 is 0 Å². The van der Waals surface area contributed by atoms with Crippen molar-refractivity contribution in [3.05, 3.63) is 70.5 Å². The lowest BCUT2D eigenvalue weighted by Gasteiger charge is -2.18. The van der Waals surface area contributed by atoms with E-state index < -0.39 is 17.8 Å². The molecule has 0 aliphatic carbocycles. The first-order valence-electron chi connectivity index (χ1n) is 8.96. The molecule has 3 aromatic heterocycles. The maximum atomic E-state index is 13.3. The second kappa shape index (κ2) is 7.96. The highest BCUT2D eigenvalue weighted by Crippen LogP contribution is 2.37. The molecule has 1 N–H and O–H groups in total. The average molecular weight is 488 g/mol. The van der Waals surface area contributed by atoms with Gasteiger partial charge in [-0.3, -0.25) is 4.98 Å². The number of nitriles is 1. The van der Waals surface area contributed by atoms with Crippen LogP contribution in [0.25, 0.3) is 16.7 Å². The summed E-state index contributed by atoms with van der Waals surface area (Å²) < 4.78 is 41.6. The number of rotatable bonds is 4. The van der Waals surface area contributed by atoms with Gasteiger partial charge >= 0.3 is 6.18 Å². The molecule has 7 nitrogen and oxygen atoms in total. The quantitative estimate of drug-likeness (QED) is 0.433. The summed E-state index contributed by atoms with van der Waals surface area (Å²) in [6.07, 6.45) is -0.193. The topological polar surface area (TPSA) is 92.3 Å². The zero-order chi connectivity index (χ0) is 22.2. The number of anilines is 1. The molecule has 0 aliphatic heterocycles. The van der Waals surface area contributed by atoms with Crippen LogP contribution in [0.1, 0.15) is 29.9 Å². The minimum atomic E-state index is -4.49. The van der Waals surface area contributed by atoms with E-state index in [1.807, 2.05) is 6.07 Å². The Morgan fingerprint density at radius 2 is 1.97 bits per heavy atom. The molecule has 3 heterocycles. The summed E-state index contributed by atoms with van der Waals surface area (Å²) in [5.74, 6) is 0.954. The van der Waals surface area contributed by atoms with Gasteiger partial charge in [-0.25, -0.2) is 9.97 Å². The van der Waals surface area contributed by atoms with Crippen molar-refractivity contribution in [3.63, 3.8) is 0 Å². The molecular formula is C20H13BrF3N7. The van der Waals surface area contributed by atoms with Crippen LogP contribution in [-0.4, -0.2) is 24.7 Å². The zero-order valence-electron chi connectivity index (χ0n) is 15.9. The summed E-state index contributed by atoms with van der Waals surface area (Å²) in [6, 6.07) is 8.49. The highest BCUT2D eigenvalue weighted by atomic mass is 79.9. The lowest BCUT2D eigenvalue weighted by molar-refractivity contribution is -0.137. The fourth-order valence-electron chi connectivity index (χ4n) is 3.10. The van der Waals surface area contributed by atoms with Gasteiger partial charge in [-0.05, 0) is 53.2 Å². The first-order chi connectivity index (χ1) is 14.8. The van der Waals surface area contributed by atoms with Crippen LogP contribution in [0.2, 0.25) is 0 Å². The monoisotopic (exact) mass is 487 g/mol. The molecule has 4 aromatic rings. The lowest BCUT2D eigenvalue weighted by atomic mass is 10.1. The van der Waals surface area contributed by atoms with Gasteiger partial charge in [0, 0.05) is 27.9 Å². The van der Waals surface area contributed by atoms with E-state index in [9.17, 15) is 13.2 Å². The van der Waals surface area contributed by atoms with Crippen LogP contribution >= 0.6 is 15.9 Å². The Bertz CT molecular complexity index is 1290. The van der Waals surface area contributed by atoms with Gasteiger partial charge in [0.1, 0.15) is 12.4 Å². The van der Waals surface area contributed by atoms with Gasteiger partial charge in [-0.1, -0.05) is 0 Å². The SMILES string of the molecule is C[C@H](Nc1ccnc2c(Br)cc(C(F)(F)F)cc12)c1ncnn1-c1ccc(C#N)cn1. The predicted molar refractivity (Wildman–Crippen MR) is 110 cm³/mol. The molecule has 11 heteroatoms. The first-order valence-corrected chi connectivity index (χ1v) is 9.75. The fraction of sp³-hybridized carbons (Fsp3) is 0.150. The molecule has 156 valence electrons. The number of aromatic nitrogens is 5. The Kier molecular flexibility index (Phi) is 5.32. The van der Waals surface area contributed by atoms with Gasteiger partial charge in [-0.2, -0.15) is 28.2 Å². The van der Waals surface area contributed by atoms with Gasteiger partial charge in [0.15, 0.2) is 11.6 Å². The standard InChI is InChI=1S/C20H13BrF3N7/c1-11(19-28-10-29-31(19)17-3-2-12(8-25)9-27-17)30-16-4-5-26-18-14(16)6-13(7-15(18)21)20(22,23)24/h2-7,9-11H,1H3,(H,26,30)/t11-/m0/s1.